The van der Waals surface area contributed by atoms with Gasteiger partial charge in [0.2, 0.25) is 10.0 Å². The highest BCUT2D eigenvalue weighted by Gasteiger charge is 2.17. The monoisotopic (exact) mass is 416 g/mol. The maximum Gasteiger partial charge on any atom is 0.286 e. The molecular weight excluding hydrogens is 400 g/mol. The van der Waals surface area contributed by atoms with E-state index < -0.39 is 11.8 Å². The Balaban J connectivity index is 1.56. The van der Waals surface area contributed by atoms with Crippen LogP contribution >= 0.6 is 22.9 Å². The van der Waals surface area contributed by atoms with Gasteiger partial charge in [-0.3, -0.25) is 9.59 Å². The zero-order chi connectivity index (χ0) is 19.9. The highest BCUT2D eigenvalue weighted by molar-refractivity contribution is 7.15. The Morgan fingerprint density at radius 3 is 2.46 bits per heavy atom. The summed E-state index contributed by atoms with van der Waals surface area (Å²) in [6.07, 6.45) is 0. The van der Waals surface area contributed by atoms with Crippen molar-refractivity contribution in [2.24, 2.45) is 0 Å². The average molecular weight is 417 g/mol. The predicted octanol–water partition coefficient (Wildman–Crippen LogP) is 3.77. The number of carbonyl (C=O) groups excluding carboxylic acids is 2. The molecule has 7 nitrogen and oxygen atoms in total. The Hall–Kier alpha value is -2.97. The van der Waals surface area contributed by atoms with Gasteiger partial charge in [-0.2, -0.15) is 0 Å². The van der Waals surface area contributed by atoms with Crippen molar-refractivity contribution >= 4 is 40.4 Å². The molecule has 0 spiro atoms. The van der Waals surface area contributed by atoms with E-state index in [9.17, 15) is 9.59 Å². The topological polar surface area (TPSA) is 93.2 Å². The minimum absolute atomic E-state index is 0.0891. The maximum absolute atomic E-state index is 12.2. The van der Waals surface area contributed by atoms with Gasteiger partial charge in [0.25, 0.3) is 11.8 Å². The Labute approximate surface area is 170 Å². The van der Waals surface area contributed by atoms with E-state index in [0.29, 0.717) is 23.9 Å². The van der Waals surface area contributed by atoms with Gasteiger partial charge in [-0.05, 0) is 42.8 Å². The number of amides is 2. The largest absolute Gasteiger partial charge is 0.494 e. The molecule has 2 N–H and O–H groups in total. The molecule has 0 saturated heterocycles. The van der Waals surface area contributed by atoms with Crippen LogP contribution in [0.15, 0.2) is 48.5 Å². The summed E-state index contributed by atoms with van der Waals surface area (Å²) in [5.41, 5.74) is 1.45. The number of aromatic nitrogens is 2. The first-order valence-corrected chi connectivity index (χ1v) is 9.65. The first-order chi connectivity index (χ1) is 13.5. The number of halogens is 1. The Morgan fingerprint density at radius 2 is 1.79 bits per heavy atom. The van der Waals surface area contributed by atoms with E-state index in [-0.39, 0.29) is 10.0 Å². The SMILES string of the molecule is CCOc1ccc(CNC(=O)c2nnc(C(=O)Nc3cccc(Cl)c3)s2)cc1. The van der Waals surface area contributed by atoms with Gasteiger partial charge in [-0.15, -0.1) is 10.2 Å². The van der Waals surface area contributed by atoms with Crippen LogP contribution in [0, 0.1) is 0 Å². The van der Waals surface area contributed by atoms with E-state index in [1.807, 2.05) is 31.2 Å². The fraction of sp³-hybridized carbons (Fsp3) is 0.158. The van der Waals surface area contributed by atoms with Crippen molar-refractivity contribution in [3.63, 3.8) is 0 Å². The van der Waals surface area contributed by atoms with Gasteiger partial charge in [0, 0.05) is 17.3 Å². The molecule has 0 aliphatic carbocycles. The number of rotatable bonds is 7. The third-order valence-corrected chi connectivity index (χ3v) is 4.74. The molecule has 0 radical (unpaired) electrons. The van der Waals surface area contributed by atoms with Crippen LogP contribution in [0.5, 0.6) is 5.75 Å². The molecular formula is C19H17ClN4O3S. The van der Waals surface area contributed by atoms with Crippen LogP contribution in [0.2, 0.25) is 5.02 Å². The summed E-state index contributed by atoms with van der Waals surface area (Å²) in [5.74, 6) is -0.0735. The van der Waals surface area contributed by atoms with Crippen molar-refractivity contribution in [3.05, 3.63) is 69.1 Å². The second kappa shape index (κ2) is 9.29. The Morgan fingerprint density at radius 1 is 1.07 bits per heavy atom. The Bertz CT molecular complexity index is 975. The third kappa shape index (κ3) is 5.28. The van der Waals surface area contributed by atoms with E-state index >= 15 is 0 Å². The highest BCUT2D eigenvalue weighted by atomic mass is 35.5. The standard InChI is InChI=1S/C19H17ClN4O3S/c1-2-27-15-8-6-12(7-9-15)11-21-16(25)18-23-24-19(28-18)17(26)22-14-5-3-4-13(20)10-14/h3-10H,2,11H2,1H3,(H,21,25)(H,22,26). The normalized spacial score (nSPS) is 10.4. The van der Waals surface area contributed by atoms with Crippen LogP contribution in [0.3, 0.4) is 0 Å². The van der Waals surface area contributed by atoms with Crippen LogP contribution in [0.4, 0.5) is 5.69 Å². The predicted molar refractivity (Wildman–Crippen MR) is 108 cm³/mol. The minimum atomic E-state index is -0.453. The third-order valence-electron chi connectivity index (χ3n) is 3.58. The Kier molecular flexibility index (Phi) is 6.57. The zero-order valence-corrected chi connectivity index (χ0v) is 16.5. The molecule has 0 saturated carbocycles. The minimum Gasteiger partial charge on any atom is -0.494 e. The lowest BCUT2D eigenvalue weighted by Crippen LogP contribution is -2.22. The van der Waals surface area contributed by atoms with Gasteiger partial charge < -0.3 is 15.4 Å². The molecule has 3 aromatic rings. The fourth-order valence-corrected chi connectivity index (χ4v) is 3.13. The van der Waals surface area contributed by atoms with Gasteiger partial charge in [-0.25, -0.2) is 0 Å². The van der Waals surface area contributed by atoms with Crippen molar-refractivity contribution in [3.8, 4) is 5.75 Å². The quantitative estimate of drug-likeness (QED) is 0.611. The molecule has 144 valence electrons. The van der Waals surface area contributed by atoms with Crippen molar-refractivity contribution < 1.29 is 14.3 Å². The summed E-state index contributed by atoms with van der Waals surface area (Å²) < 4.78 is 5.38. The van der Waals surface area contributed by atoms with Crippen LogP contribution < -0.4 is 15.4 Å². The van der Waals surface area contributed by atoms with Gasteiger partial charge in [-0.1, -0.05) is 41.1 Å². The molecule has 0 aliphatic rings. The van der Waals surface area contributed by atoms with Gasteiger partial charge in [0.15, 0.2) is 0 Å². The second-order valence-corrected chi connectivity index (χ2v) is 7.05. The van der Waals surface area contributed by atoms with Crippen LogP contribution in [0.1, 0.15) is 32.1 Å². The molecule has 1 aromatic heterocycles. The van der Waals surface area contributed by atoms with Crippen molar-refractivity contribution in [2.45, 2.75) is 13.5 Å². The highest BCUT2D eigenvalue weighted by Crippen LogP contribution is 2.17. The van der Waals surface area contributed by atoms with Crippen molar-refractivity contribution in [2.75, 3.05) is 11.9 Å². The van der Waals surface area contributed by atoms with Crippen LogP contribution in [-0.2, 0) is 6.54 Å². The molecule has 0 aliphatic heterocycles. The lowest BCUT2D eigenvalue weighted by molar-refractivity contribution is 0.0948. The zero-order valence-electron chi connectivity index (χ0n) is 14.9. The van der Waals surface area contributed by atoms with Crippen molar-refractivity contribution in [1.82, 2.24) is 15.5 Å². The number of carbonyl (C=O) groups is 2. The molecule has 0 bridgehead atoms. The van der Waals surface area contributed by atoms with Gasteiger partial charge in [0.1, 0.15) is 5.75 Å². The number of benzene rings is 2. The van der Waals surface area contributed by atoms with E-state index in [1.54, 1.807) is 24.3 Å². The molecule has 9 heteroatoms. The fourth-order valence-electron chi connectivity index (χ4n) is 2.29. The maximum atomic E-state index is 12.2. The summed E-state index contributed by atoms with van der Waals surface area (Å²) in [5, 5.41) is 13.7. The second-order valence-electron chi connectivity index (χ2n) is 5.64. The van der Waals surface area contributed by atoms with E-state index in [2.05, 4.69) is 20.8 Å². The van der Waals surface area contributed by atoms with Crippen LogP contribution in [-0.4, -0.2) is 28.6 Å². The number of nitrogens with zero attached hydrogens (tertiary/aromatic N) is 2. The lowest BCUT2D eigenvalue weighted by Gasteiger charge is -2.05. The van der Waals surface area contributed by atoms with E-state index in [4.69, 9.17) is 16.3 Å². The molecule has 28 heavy (non-hydrogen) atoms. The first kappa shape index (κ1) is 19.8. The average Bonchev–Trinajstić information content (AvgIpc) is 3.18. The van der Waals surface area contributed by atoms with Gasteiger partial charge in [0.05, 0.1) is 6.61 Å². The summed E-state index contributed by atoms with van der Waals surface area (Å²) in [4.78, 5) is 24.5. The summed E-state index contributed by atoms with van der Waals surface area (Å²) in [6.45, 7) is 2.84. The molecule has 2 amide bonds. The first-order valence-electron chi connectivity index (χ1n) is 8.45. The summed E-state index contributed by atoms with van der Waals surface area (Å²) in [6, 6.07) is 14.2. The number of hydrogen-bond donors (Lipinski definition) is 2. The molecule has 3 rings (SSSR count). The molecule has 0 unspecified atom stereocenters. The van der Waals surface area contributed by atoms with E-state index in [0.717, 1.165) is 22.6 Å². The molecule has 2 aromatic carbocycles. The number of nitrogens with one attached hydrogen (secondary N) is 2. The lowest BCUT2D eigenvalue weighted by atomic mass is 10.2. The van der Waals surface area contributed by atoms with E-state index in [1.165, 1.54) is 0 Å². The van der Waals surface area contributed by atoms with Crippen molar-refractivity contribution in [1.29, 1.82) is 0 Å². The van der Waals surface area contributed by atoms with Crippen LogP contribution in [0.25, 0.3) is 0 Å². The number of hydrogen-bond acceptors (Lipinski definition) is 6. The molecule has 1 heterocycles. The molecule has 0 fully saturated rings. The molecule has 0 atom stereocenters. The van der Waals surface area contributed by atoms with Gasteiger partial charge >= 0.3 is 0 Å². The number of anilines is 1. The smallest absolute Gasteiger partial charge is 0.286 e. The number of ether oxygens (including phenoxy) is 1. The summed E-state index contributed by atoms with van der Waals surface area (Å²) in [7, 11) is 0. The summed E-state index contributed by atoms with van der Waals surface area (Å²) >= 11 is 6.81.